The van der Waals surface area contributed by atoms with E-state index in [1.165, 1.54) is 0 Å². The summed E-state index contributed by atoms with van der Waals surface area (Å²) in [6.45, 7) is 4.76. The average molecular weight is 251 g/mol. The Kier molecular flexibility index (Phi) is 3.96. The van der Waals surface area contributed by atoms with Crippen LogP contribution in [0.2, 0.25) is 0 Å². The second-order valence-corrected chi connectivity index (χ2v) is 4.46. The van der Waals surface area contributed by atoms with Gasteiger partial charge in [0.1, 0.15) is 6.67 Å². The van der Waals surface area contributed by atoms with Crippen LogP contribution in [0.15, 0.2) is 24.8 Å². The zero-order valence-corrected chi connectivity index (χ0v) is 10.7. The first kappa shape index (κ1) is 12.6. The van der Waals surface area contributed by atoms with Gasteiger partial charge >= 0.3 is 0 Å². The maximum Gasteiger partial charge on any atom is 0.109 e. The molecule has 18 heavy (non-hydrogen) atoms. The third-order valence-electron chi connectivity index (χ3n) is 2.63. The first-order chi connectivity index (χ1) is 8.69. The minimum absolute atomic E-state index is 0.299. The monoisotopic (exact) mass is 251 g/mol. The van der Waals surface area contributed by atoms with Crippen LogP contribution < -0.4 is 5.32 Å². The summed E-state index contributed by atoms with van der Waals surface area (Å²) < 4.78 is 15.6. The minimum atomic E-state index is -0.401. The second-order valence-electron chi connectivity index (χ2n) is 4.46. The molecule has 6 heteroatoms. The molecule has 98 valence electrons. The Balaban J connectivity index is 1.89. The molecule has 2 aromatic rings. The Morgan fingerprint density at radius 1 is 1.28 bits per heavy atom. The van der Waals surface area contributed by atoms with Crippen LogP contribution in [0, 0.1) is 0 Å². The van der Waals surface area contributed by atoms with Crippen LogP contribution in [0.25, 0.3) is 0 Å². The Morgan fingerprint density at radius 3 is 2.78 bits per heavy atom. The summed E-state index contributed by atoms with van der Waals surface area (Å²) in [5, 5.41) is 11.5. The van der Waals surface area contributed by atoms with E-state index in [0.29, 0.717) is 19.1 Å². The van der Waals surface area contributed by atoms with Crippen molar-refractivity contribution >= 4 is 5.69 Å². The lowest BCUT2D eigenvalue weighted by Crippen LogP contribution is -2.01. The highest BCUT2D eigenvalue weighted by atomic mass is 19.1. The van der Waals surface area contributed by atoms with Crippen LogP contribution in [0.5, 0.6) is 0 Å². The van der Waals surface area contributed by atoms with E-state index in [9.17, 15) is 4.39 Å². The van der Waals surface area contributed by atoms with Crippen molar-refractivity contribution in [3.63, 3.8) is 0 Å². The molecule has 5 nitrogen and oxygen atoms in total. The van der Waals surface area contributed by atoms with E-state index in [4.69, 9.17) is 0 Å². The lowest BCUT2D eigenvalue weighted by Gasteiger charge is -2.03. The summed E-state index contributed by atoms with van der Waals surface area (Å²) in [5.74, 6) is 0. The zero-order valence-electron chi connectivity index (χ0n) is 10.7. The van der Waals surface area contributed by atoms with Gasteiger partial charge in [-0.05, 0) is 13.8 Å². The van der Waals surface area contributed by atoms with Crippen molar-refractivity contribution in [3.8, 4) is 0 Å². The molecular weight excluding hydrogens is 233 g/mol. The van der Waals surface area contributed by atoms with Crippen molar-refractivity contribution in [2.45, 2.75) is 33.0 Å². The van der Waals surface area contributed by atoms with E-state index < -0.39 is 6.67 Å². The Bertz CT molecular complexity index is 488. The Hall–Kier alpha value is -1.85. The van der Waals surface area contributed by atoms with Crippen molar-refractivity contribution in [2.24, 2.45) is 0 Å². The molecule has 0 bridgehead atoms. The van der Waals surface area contributed by atoms with Gasteiger partial charge in [0, 0.05) is 30.5 Å². The quantitative estimate of drug-likeness (QED) is 0.856. The maximum absolute atomic E-state index is 12.1. The summed E-state index contributed by atoms with van der Waals surface area (Å²) >= 11 is 0. The fraction of sp³-hybridized carbons (Fsp3) is 0.500. The SMILES string of the molecule is CC(C)n1cc(CNc2cnn(CCF)c2)cn1. The minimum Gasteiger partial charge on any atom is -0.378 e. The van der Waals surface area contributed by atoms with Gasteiger partial charge in [-0.25, -0.2) is 4.39 Å². The van der Waals surface area contributed by atoms with Gasteiger partial charge in [0.15, 0.2) is 0 Å². The third kappa shape index (κ3) is 3.09. The van der Waals surface area contributed by atoms with Crippen LogP contribution in [-0.2, 0) is 13.1 Å². The molecule has 0 saturated carbocycles. The van der Waals surface area contributed by atoms with Gasteiger partial charge in [0.2, 0.25) is 0 Å². The molecule has 0 saturated heterocycles. The molecule has 1 N–H and O–H groups in total. The van der Waals surface area contributed by atoms with Gasteiger partial charge in [-0.2, -0.15) is 10.2 Å². The molecule has 0 fully saturated rings. The van der Waals surface area contributed by atoms with Crippen LogP contribution in [0.1, 0.15) is 25.5 Å². The number of aromatic nitrogens is 4. The number of halogens is 1. The van der Waals surface area contributed by atoms with E-state index >= 15 is 0 Å². The van der Waals surface area contributed by atoms with E-state index in [1.807, 2.05) is 17.1 Å². The number of nitrogens with zero attached hydrogens (tertiary/aromatic N) is 4. The normalized spacial score (nSPS) is 11.1. The second kappa shape index (κ2) is 5.66. The van der Waals surface area contributed by atoms with Crippen molar-refractivity contribution in [1.82, 2.24) is 19.6 Å². The Morgan fingerprint density at radius 2 is 2.11 bits per heavy atom. The van der Waals surface area contributed by atoms with Gasteiger partial charge in [0.05, 0.1) is 24.6 Å². The van der Waals surface area contributed by atoms with Crippen molar-refractivity contribution in [2.75, 3.05) is 12.0 Å². The Labute approximate surface area is 106 Å². The molecule has 0 aliphatic carbocycles. The van der Waals surface area contributed by atoms with Crippen molar-refractivity contribution in [3.05, 3.63) is 30.4 Å². The average Bonchev–Trinajstić information content (AvgIpc) is 2.95. The first-order valence-corrected chi connectivity index (χ1v) is 6.04. The highest BCUT2D eigenvalue weighted by Crippen LogP contribution is 2.09. The smallest absolute Gasteiger partial charge is 0.109 e. The lowest BCUT2D eigenvalue weighted by atomic mass is 10.3. The van der Waals surface area contributed by atoms with E-state index in [2.05, 4.69) is 29.4 Å². The summed E-state index contributed by atoms with van der Waals surface area (Å²) in [4.78, 5) is 0. The summed E-state index contributed by atoms with van der Waals surface area (Å²) in [6.07, 6.45) is 7.36. The fourth-order valence-corrected chi connectivity index (χ4v) is 1.62. The predicted octanol–water partition coefficient (Wildman–Crippen LogP) is 2.24. The standard InChI is InChI=1S/C12H18FN5/c1-10(2)18-8-11(6-16-18)5-14-12-7-15-17(9-12)4-3-13/h6-10,14H,3-5H2,1-2H3. The van der Waals surface area contributed by atoms with Gasteiger partial charge in [-0.1, -0.05) is 0 Å². The van der Waals surface area contributed by atoms with Crippen LogP contribution in [0.4, 0.5) is 10.1 Å². The number of aryl methyl sites for hydroxylation is 1. The predicted molar refractivity (Wildman–Crippen MR) is 68.1 cm³/mol. The molecule has 0 radical (unpaired) electrons. The number of anilines is 1. The lowest BCUT2D eigenvalue weighted by molar-refractivity contribution is 0.427. The molecule has 2 aromatic heterocycles. The van der Waals surface area contributed by atoms with Crippen molar-refractivity contribution in [1.29, 1.82) is 0 Å². The topological polar surface area (TPSA) is 47.7 Å². The van der Waals surface area contributed by atoms with Gasteiger partial charge in [-0.15, -0.1) is 0 Å². The van der Waals surface area contributed by atoms with Crippen LogP contribution >= 0.6 is 0 Å². The molecule has 0 atom stereocenters. The van der Waals surface area contributed by atoms with E-state index in [0.717, 1.165) is 11.3 Å². The number of hydrogen-bond donors (Lipinski definition) is 1. The molecule has 0 aromatic carbocycles. The summed E-state index contributed by atoms with van der Waals surface area (Å²) in [5.41, 5.74) is 2.00. The largest absolute Gasteiger partial charge is 0.378 e. The zero-order chi connectivity index (χ0) is 13.0. The molecule has 2 rings (SSSR count). The van der Waals surface area contributed by atoms with Crippen LogP contribution in [0.3, 0.4) is 0 Å². The van der Waals surface area contributed by atoms with Crippen molar-refractivity contribution < 1.29 is 4.39 Å². The highest BCUT2D eigenvalue weighted by molar-refractivity contribution is 5.38. The first-order valence-electron chi connectivity index (χ1n) is 6.04. The molecule has 0 aliphatic rings. The number of nitrogens with one attached hydrogen (secondary N) is 1. The van der Waals surface area contributed by atoms with Gasteiger partial charge in [0.25, 0.3) is 0 Å². The van der Waals surface area contributed by atoms with E-state index in [-0.39, 0.29) is 0 Å². The molecule has 2 heterocycles. The fourth-order valence-electron chi connectivity index (χ4n) is 1.62. The molecule has 0 aliphatic heterocycles. The number of hydrogen-bond acceptors (Lipinski definition) is 3. The third-order valence-corrected chi connectivity index (χ3v) is 2.63. The highest BCUT2D eigenvalue weighted by Gasteiger charge is 2.02. The van der Waals surface area contributed by atoms with Crippen LogP contribution in [-0.4, -0.2) is 26.2 Å². The molecule has 0 unspecified atom stereocenters. The summed E-state index contributed by atoms with van der Waals surface area (Å²) in [6, 6.07) is 0.367. The number of rotatable bonds is 6. The summed E-state index contributed by atoms with van der Waals surface area (Å²) in [7, 11) is 0. The molecular formula is C12H18FN5. The molecule has 0 spiro atoms. The maximum atomic E-state index is 12.1. The molecule has 0 amide bonds. The number of alkyl halides is 1. The van der Waals surface area contributed by atoms with Gasteiger partial charge in [-0.3, -0.25) is 9.36 Å². The van der Waals surface area contributed by atoms with E-state index in [1.54, 1.807) is 17.1 Å². The van der Waals surface area contributed by atoms with Gasteiger partial charge < -0.3 is 5.32 Å².